The number of halogens is 1. The molecule has 1 unspecified atom stereocenters. The van der Waals surface area contributed by atoms with E-state index in [1.54, 1.807) is 7.11 Å². The Balaban J connectivity index is 1.99. The van der Waals surface area contributed by atoms with Crippen LogP contribution in [0, 0.1) is 0 Å². The second-order valence-electron chi connectivity index (χ2n) is 4.43. The summed E-state index contributed by atoms with van der Waals surface area (Å²) in [6.07, 6.45) is -0.107. The van der Waals surface area contributed by atoms with E-state index in [0.717, 1.165) is 21.3 Å². The van der Waals surface area contributed by atoms with Gasteiger partial charge in [0.05, 0.1) is 19.8 Å². The number of rotatable bonds is 6. The van der Waals surface area contributed by atoms with Gasteiger partial charge in [0.1, 0.15) is 5.75 Å². The number of methoxy groups -OCH3 is 1. The van der Waals surface area contributed by atoms with Crippen LogP contribution in [0.25, 0.3) is 0 Å². The van der Waals surface area contributed by atoms with E-state index < -0.39 is 0 Å². The van der Waals surface area contributed by atoms with E-state index in [1.807, 2.05) is 48.5 Å². The van der Waals surface area contributed by atoms with Gasteiger partial charge in [0.25, 0.3) is 0 Å². The molecule has 0 aromatic heterocycles. The molecule has 0 fully saturated rings. The first kappa shape index (κ1) is 15.0. The Morgan fingerprint density at radius 2 is 1.70 bits per heavy atom. The van der Waals surface area contributed by atoms with Crippen molar-refractivity contribution in [2.24, 2.45) is 5.73 Å². The maximum Gasteiger partial charge on any atom is 0.118 e. The SMILES string of the molecule is COc1ccc(C(CN)OCc2ccc(Br)cc2)cc1. The Labute approximate surface area is 127 Å². The average molecular weight is 336 g/mol. The lowest BCUT2D eigenvalue weighted by molar-refractivity contribution is 0.0456. The molecule has 0 aliphatic carbocycles. The molecule has 2 aromatic carbocycles. The Kier molecular flexibility index (Phi) is 5.59. The van der Waals surface area contributed by atoms with Crippen LogP contribution in [-0.2, 0) is 11.3 Å². The molecule has 4 heteroatoms. The van der Waals surface area contributed by atoms with E-state index in [4.69, 9.17) is 15.2 Å². The van der Waals surface area contributed by atoms with Crippen molar-refractivity contribution < 1.29 is 9.47 Å². The minimum atomic E-state index is -0.107. The fraction of sp³-hybridized carbons (Fsp3) is 0.250. The summed E-state index contributed by atoms with van der Waals surface area (Å²) < 4.78 is 12.1. The summed E-state index contributed by atoms with van der Waals surface area (Å²) in [5.74, 6) is 0.831. The smallest absolute Gasteiger partial charge is 0.118 e. The van der Waals surface area contributed by atoms with Crippen molar-refractivity contribution >= 4 is 15.9 Å². The Morgan fingerprint density at radius 3 is 2.25 bits per heavy atom. The molecular weight excluding hydrogens is 318 g/mol. The lowest BCUT2D eigenvalue weighted by Gasteiger charge is -2.17. The second-order valence-corrected chi connectivity index (χ2v) is 5.35. The lowest BCUT2D eigenvalue weighted by atomic mass is 10.1. The van der Waals surface area contributed by atoms with Gasteiger partial charge in [-0.25, -0.2) is 0 Å². The number of ether oxygens (including phenoxy) is 2. The number of nitrogens with two attached hydrogens (primary N) is 1. The van der Waals surface area contributed by atoms with E-state index in [1.165, 1.54) is 0 Å². The molecule has 0 spiro atoms. The summed E-state index contributed by atoms with van der Waals surface area (Å²) in [7, 11) is 1.65. The molecule has 2 rings (SSSR count). The van der Waals surface area contributed by atoms with Gasteiger partial charge in [-0.3, -0.25) is 0 Å². The molecule has 0 saturated heterocycles. The van der Waals surface area contributed by atoms with Crippen LogP contribution in [0.15, 0.2) is 53.0 Å². The molecule has 0 radical (unpaired) electrons. The third kappa shape index (κ3) is 4.07. The summed E-state index contributed by atoms with van der Waals surface area (Å²) in [6, 6.07) is 15.9. The summed E-state index contributed by atoms with van der Waals surface area (Å²) >= 11 is 3.42. The summed E-state index contributed by atoms with van der Waals surface area (Å²) in [5.41, 5.74) is 7.99. The molecule has 0 heterocycles. The zero-order valence-corrected chi connectivity index (χ0v) is 13.0. The van der Waals surface area contributed by atoms with E-state index in [-0.39, 0.29) is 6.10 Å². The fourth-order valence-corrected chi connectivity index (χ4v) is 2.16. The van der Waals surface area contributed by atoms with Gasteiger partial charge in [-0.05, 0) is 35.4 Å². The van der Waals surface area contributed by atoms with Crippen molar-refractivity contribution in [3.8, 4) is 5.75 Å². The highest BCUT2D eigenvalue weighted by Crippen LogP contribution is 2.21. The van der Waals surface area contributed by atoms with Gasteiger partial charge >= 0.3 is 0 Å². The predicted molar refractivity (Wildman–Crippen MR) is 83.7 cm³/mol. The van der Waals surface area contributed by atoms with Crippen molar-refractivity contribution in [1.82, 2.24) is 0 Å². The quantitative estimate of drug-likeness (QED) is 0.875. The van der Waals surface area contributed by atoms with Gasteiger partial charge < -0.3 is 15.2 Å². The van der Waals surface area contributed by atoms with Crippen LogP contribution in [0.4, 0.5) is 0 Å². The molecule has 2 N–H and O–H groups in total. The first-order valence-electron chi connectivity index (χ1n) is 6.43. The minimum Gasteiger partial charge on any atom is -0.497 e. The normalized spacial score (nSPS) is 12.2. The van der Waals surface area contributed by atoms with E-state index in [9.17, 15) is 0 Å². The van der Waals surface area contributed by atoms with Crippen LogP contribution in [0.5, 0.6) is 5.75 Å². The number of hydrogen-bond donors (Lipinski definition) is 1. The van der Waals surface area contributed by atoms with E-state index >= 15 is 0 Å². The van der Waals surface area contributed by atoms with Crippen LogP contribution < -0.4 is 10.5 Å². The van der Waals surface area contributed by atoms with Crippen LogP contribution >= 0.6 is 15.9 Å². The highest BCUT2D eigenvalue weighted by Gasteiger charge is 2.10. The Morgan fingerprint density at radius 1 is 1.05 bits per heavy atom. The van der Waals surface area contributed by atoms with Gasteiger partial charge in [-0.1, -0.05) is 40.2 Å². The zero-order chi connectivity index (χ0) is 14.4. The van der Waals surface area contributed by atoms with Crippen LogP contribution in [0.1, 0.15) is 17.2 Å². The maximum atomic E-state index is 5.90. The summed E-state index contributed by atoms with van der Waals surface area (Å²) in [6.45, 7) is 0.990. The van der Waals surface area contributed by atoms with Crippen LogP contribution in [0.3, 0.4) is 0 Å². The van der Waals surface area contributed by atoms with Crippen molar-refractivity contribution in [2.45, 2.75) is 12.7 Å². The molecule has 0 bridgehead atoms. The standard InChI is InChI=1S/C16H18BrNO2/c1-19-15-8-4-13(5-9-15)16(10-18)20-11-12-2-6-14(17)7-3-12/h2-9,16H,10-11,18H2,1H3. The lowest BCUT2D eigenvalue weighted by Crippen LogP contribution is -2.15. The van der Waals surface area contributed by atoms with E-state index in [2.05, 4.69) is 15.9 Å². The molecule has 0 aliphatic heterocycles. The predicted octanol–water partition coefficient (Wildman–Crippen LogP) is 3.67. The molecule has 0 saturated carbocycles. The molecule has 0 aliphatic rings. The van der Waals surface area contributed by atoms with Crippen LogP contribution in [0.2, 0.25) is 0 Å². The molecule has 106 valence electrons. The van der Waals surface area contributed by atoms with Crippen molar-refractivity contribution in [2.75, 3.05) is 13.7 Å². The first-order chi connectivity index (χ1) is 9.72. The van der Waals surface area contributed by atoms with Gasteiger partial charge in [-0.15, -0.1) is 0 Å². The monoisotopic (exact) mass is 335 g/mol. The fourth-order valence-electron chi connectivity index (χ4n) is 1.90. The van der Waals surface area contributed by atoms with Crippen molar-refractivity contribution in [3.05, 3.63) is 64.1 Å². The average Bonchev–Trinajstić information content (AvgIpc) is 2.50. The molecule has 0 amide bonds. The van der Waals surface area contributed by atoms with Gasteiger partial charge in [-0.2, -0.15) is 0 Å². The maximum absolute atomic E-state index is 5.90. The van der Waals surface area contributed by atoms with Gasteiger partial charge in [0.15, 0.2) is 0 Å². The third-order valence-electron chi connectivity index (χ3n) is 3.07. The number of hydrogen-bond acceptors (Lipinski definition) is 3. The molecule has 20 heavy (non-hydrogen) atoms. The topological polar surface area (TPSA) is 44.5 Å². The first-order valence-corrected chi connectivity index (χ1v) is 7.22. The summed E-state index contributed by atoms with van der Waals surface area (Å²) in [5, 5.41) is 0. The Bertz CT molecular complexity index is 525. The van der Waals surface area contributed by atoms with Crippen molar-refractivity contribution in [1.29, 1.82) is 0 Å². The van der Waals surface area contributed by atoms with E-state index in [0.29, 0.717) is 13.2 Å². The number of benzene rings is 2. The molecule has 2 aromatic rings. The van der Waals surface area contributed by atoms with Gasteiger partial charge in [0.2, 0.25) is 0 Å². The molecule has 1 atom stereocenters. The second kappa shape index (κ2) is 7.43. The largest absolute Gasteiger partial charge is 0.497 e. The third-order valence-corrected chi connectivity index (χ3v) is 3.59. The summed E-state index contributed by atoms with van der Waals surface area (Å²) in [4.78, 5) is 0. The molecular formula is C16H18BrNO2. The Hall–Kier alpha value is -1.36. The highest BCUT2D eigenvalue weighted by atomic mass is 79.9. The molecule has 3 nitrogen and oxygen atoms in total. The van der Waals surface area contributed by atoms with Gasteiger partial charge in [0, 0.05) is 11.0 Å². The highest BCUT2D eigenvalue weighted by molar-refractivity contribution is 9.10. The minimum absolute atomic E-state index is 0.107. The zero-order valence-electron chi connectivity index (χ0n) is 11.4. The van der Waals surface area contributed by atoms with Crippen LogP contribution in [-0.4, -0.2) is 13.7 Å². The van der Waals surface area contributed by atoms with Crippen molar-refractivity contribution in [3.63, 3.8) is 0 Å².